The Labute approximate surface area is 124 Å². The number of hydrogen-bond donors (Lipinski definition) is 1. The van der Waals surface area contributed by atoms with Crippen LogP contribution in [-0.2, 0) is 11.2 Å². The molecule has 0 amide bonds. The maximum absolute atomic E-state index is 9.26. The van der Waals surface area contributed by atoms with Crippen molar-refractivity contribution in [2.24, 2.45) is 0 Å². The van der Waals surface area contributed by atoms with Crippen molar-refractivity contribution in [3.63, 3.8) is 0 Å². The predicted molar refractivity (Wildman–Crippen MR) is 85.5 cm³/mol. The van der Waals surface area contributed by atoms with E-state index in [9.17, 15) is 5.11 Å². The van der Waals surface area contributed by atoms with E-state index in [0.717, 1.165) is 19.6 Å². The highest BCUT2D eigenvalue weighted by Gasteiger charge is 2.02. The predicted octanol–water partition coefficient (Wildman–Crippen LogP) is 2.77. The molecule has 0 fully saturated rings. The Morgan fingerprint density at radius 3 is 2.95 bits per heavy atom. The van der Waals surface area contributed by atoms with Crippen molar-refractivity contribution in [3.05, 3.63) is 35.2 Å². The molecule has 110 valence electrons. The number of fused-ring (bicyclic) bond motifs is 1. The molecule has 0 saturated heterocycles. The second-order valence-corrected chi connectivity index (χ2v) is 6.21. The van der Waals surface area contributed by atoms with E-state index < -0.39 is 0 Å². The average molecular weight is 293 g/mol. The molecule has 1 aromatic heterocycles. The van der Waals surface area contributed by atoms with Gasteiger partial charge in [0.25, 0.3) is 0 Å². The highest BCUT2D eigenvalue weighted by atomic mass is 32.1. The van der Waals surface area contributed by atoms with Crippen molar-refractivity contribution in [2.45, 2.75) is 19.4 Å². The Morgan fingerprint density at radius 1 is 1.30 bits per heavy atom. The minimum absolute atomic E-state index is 0.280. The van der Waals surface area contributed by atoms with E-state index in [1.165, 1.54) is 15.6 Å². The summed E-state index contributed by atoms with van der Waals surface area (Å²) in [5, 5.41) is 12.7. The van der Waals surface area contributed by atoms with Crippen LogP contribution in [0.5, 0.6) is 0 Å². The van der Waals surface area contributed by atoms with Crippen molar-refractivity contribution in [1.29, 1.82) is 0 Å². The summed E-state index contributed by atoms with van der Waals surface area (Å²) in [6.45, 7) is 4.81. The zero-order chi connectivity index (χ0) is 14.4. The lowest BCUT2D eigenvalue weighted by Crippen LogP contribution is -2.30. The Kier molecular flexibility index (Phi) is 5.98. The third kappa shape index (κ3) is 4.87. The van der Waals surface area contributed by atoms with Crippen molar-refractivity contribution in [3.8, 4) is 0 Å². The Morgan fingerprint density at radius 2 is 2.15 bits per heavy atom. The molecular formula is C16H23NO2S. The quantitative estimate of drug-likeness (QED) is 0.760. The number of nitrogens with zero attached hydrogens (tertiary/aromatic N) is 1. The third-order valence-corrected chi connectivity index (χ3v) is 4.14. The smallest absolute Gasteiger partial charge is 0.0638 e. The summed E-state index contributed by atoms with van der Waals surface area (Å²) >= 11 is 1.78. The van der Waals surface area contributed by atoms with Gasteiger partial charge in [0.15, 0.2) is 0 Å². The maximum Gasteiger partial charge on any atom is 0.0638 e. The monoisotopic (exact) mass is 293 g/mol. The first-order valence-corrected chi connectivity index (χ1v) is 7.93. The lowest BCUT2D eigenvalue weighted by Gasteiger charge is -2.18. The van der Waals surface area contributed by atoms with Crippen LogP contribution < -0.4 is 0 Å². The molecular weight excluding hydrogens is 270 g/mol. The van der Waals surface area contributed by atoms with Crippen molar-refractivity contribution >= 4 is 21.4 Å². The van der Waals surface area contributed by atoms with Gasteiger partial charge in [-0.15, -0.1) is 11.3 Å². The van der Waals surface area contributed by atoms with Gasteiger partial charge in [0.2, 0.25) is 0 Å². The van der Waals surface area contributed by atoms with Crippen molar-refractivity contribution in [1.82, 2.24) is 4.90 Å². The summed E-state index contributed by atoms with van der Waals surface area (Å²) in [5.74, 6) is 0. The summed E-state index contributed by atoms with van der Waals surface area (Å²) in [4.78, 5) is 2.09. The zero-order valence-electron chi connectivity index (χ0n) is 12.2. The van der Waals surface area contributed by atoms with Gasteiger partial charge >= 0.3 is 0 Å². The van der Waals surface area contributed by atoms with E-state index >= 15 is 0 Å². The Bertz CT molecular complexity index is 524. The minimum atomic E-state index is -0.280. The van der Waals surface area contributed by atoms with Crippen LogP contribution in [0.15, 0.2) is 29.6 Å². The third-order valence-electron chi connectivity index (χ3n) is 3.25. The van der Waals surface area contributed by atoms with Gasteiger partial charge in [0.1, 0.15) is 0 Å². The fraction of sp³-hybridized carbons (Fsp3) is 0.500. The van der Waals surface area contributed by atoms with Gasteiger partial charge in [-0.1, -0.05) is 12.1 Å². The maximum atomic E-state index is 9.26. The average Bonchev–Trinajstić information content (AvgIpc) is 2.84. The topological polar surface area (TPSA) is 32.7 Å². The van der Waals surface area contributed by atoms with E-state index in [0.29, 0.717) is 13.2 Å². The normalized spacial score (nSPS) is 13.2. The molecule has 0 radical (unpaired) electrons. The van der Waals surface area contributed by atoms with E-state index in [-0.39, 0.29) is 6.10 Å². The molecule has 1 heterocycles. The molecule has 3 nitrogen and oxygen atoms in total. The molecule has 0 aliphatic carbocycles. The van der Waals surface area contributed by atoms with E-state index in [1.54, 1.807) is 18.3 Å². The van der Waals surface area contributed by atoms with Crippen LogP contribution in [0.25, 0.3) is 10.1 Å². The molecule has 1 atom stereocenters. The number of benzene rings is 1. The van der Waals surface area contributed by atoms with Crippen molar-refractivity contribution < 1.29 is 9.84 Å². The molecule has 0 spiro atoms. The molecule has 0 bridgehead atoms. The van der Waals surface area contributed by atoms with Crippen LogP contribution in [0.3, 0.4) is 0 Å². The van der Waals surface area contributed by atoms with Crippen LogP contribution in [0.1, 0.15) is 12.5 Å². The first-order valence-electron chi connectivity index (χ1n) is 7.05. The molecule has 1 unspecified atom stereocenters. The summed E-state index contributed by atoms with van der Waals surface area (Å²) in [5.41, 5.74) is 1.33. The van der Waals surface area contributed by atoms with E-state index in [1.807, 2.05) is 7.05 Å². The summed E-state index contributed by atoms with van der Waals surface area (Å²) < 4.78 is 7.00. The number of aliphatic hydroxyl groups excluding tert-OH is 1. The molecule has 0 aliphatic rings. The lowest BCUT2D eigenvalue weighted by molar-refractivity contribution is 0.0909. The first kappa shape index (κ1) is 15.4. The molecule has 0 aliphatic heterocycles. The van der Waals surface area contributed by atoms with Gasteiger partial charge in [0.05, 0.1) is 19.3 Å². The van der Waals surface area contributed by atoms with Crippen LogP contribution in [0.4, 0.5) is 0 Å². The number of likely N-dealkylation sites (N-methyl/N-ethyl adjacent to an activating group) is 1. The molecule has 2 rings (SSSR count). The van der Waals surface area contributed by atoms with Crippen LogP contribution >= 0.6 is 11.3 Å². The molecule has 1 aromatic carbocycles. The first-order chi connectivity index (χ1) is 9.65. The second-order valence-electron chi connectivity index (χ2n) is 5.27. The van der Waals surface area contributed by atoms with Crippen LogP contribution in [-0.4, -0.2) is 49.5 Å². The molecule has 0 saturated carbocycles. The van der Waals surface area contributed by atoms with Crippen LogP contribution in [0, 0.1) is 0 Å². The number of thiophene rings is 1. The van der Waals surface area contributed by atoms with Gasteiger partial charge in [-0.3, -0.25) is 0 Å². The zero-order valence-corrected chi connectivity index (χ0v) is 13.0. The highest BCUT2D eigenvalue weighted by Crippen LogP contribution is 2.21. The van der Waals surface area contributed by atoms with Gasteiger partial charge in [-0.2, -0.15) is 0 Å². The van der Waals surface area contributed by atoms with E-state index in [4.69, 9.17) is 4.74 Å². The fourth-order valence-corrected chi connectivity index (χ4v) is 3.00. The summed E-state index contributed by atoms with van der Waals surface area (Å²) in [7, 11) is 2.00. The SMILES string of the molecule is CC(O)CN(C)CCOCCc1ccc2sccc2c1. The number of ether oxygens (including phenoxy) is 1. The minimum Gasteiger partial charge on any atom is -0.392 e. The summed E-state index contributed by atoms with van der Waals surface area (Å²) in [6, 6.07) is 8.78. The highest BCUT2D eigenvalue weighted by molar-refractivity contribution is 7.17. The number of hydrogen-bond acceptors (Lipinski definition) is 4. The fourth-order valence-electron chi connectivity index (χ4n) is 2.23. The largest absolute Gasteiger partial charge is 0.392 e. The van der Waals surface area contributed by atoms with Crippen molar-refractivity contribution in [2.75, 3.05) is 33.4 Å². The standard InChI is InChI=1S/C16H23NO2S/c1-13(18)12-17(2)7-9-19-8-5-14-3-4-16-15(11-14)6-10-20-16/h3-4,6,10-11,13,18H,5,7-9,12H2,1-2H3. The van der Waals surface area contributed by atoms with E-state index in [2.05, 4.69) is 34.5 Å². The Hall–Kier alpha value is -0.940. The van der Waals surface area contributed by atoms with Gasteiger partial charge in [0, 0.05) is 17.8 Å². The number of aliphatic hydroxyl groups is 1. The molecule has 4 heteroatoms. The summed E-state index contributed by atoms with van der Waals surface area (Å²) in [6.07, 6.45) is 0.670. The lowest BCUT2D eigenvalue weighted by atomic mass is 10.1. The second kappa shape index (κ2) is 7.74. The Balaban J connectivity index is 1.65. The van der Waals surface area contributed by atoms with Gasteiger partial charge in [-0.05, 0) is 48.9 Å². The molecule has 20 heavy (non-hydrogen) atoms. The van der Waals surface area contributed by atoms with Gasteiger partial charge < -0.3 is 14.7 Å². The van der Waals surface area contributed by atoms with Crippen LogP contribution in [0.2, 0.25) is 0 Å². The molecule has 1 N–H and O–H groups in total. The molecule has 2 aromatic rings. The van der Waals surface area contributed by atoms with Gasteiger partial charge in [-0.25, -0.2) is 0 Å². The number of rotatable bonds is 8.